The maximum atomic E-state index is 13.7. The van der Waals surface area contributed by atoms with Gasteiger partial charge in [0.15, 0.2) is 0 Å². The summed E-state index contributed by atoms with van der Waals surface area (Å²) in [5.74, 6) is -0.0161. The molecule has 0 bridgehead atoms. The molecule has 1 amide bonds. The number of carbonyl (C=O) groups is 1. The van der Waals surface area contributed by atoms with Crippen molar-refractivity contribution in [2.24, 2.45) is 0 Å². The number of morpholine rings is 1. The van der Waals surface area contributed by atoms with Crippen molar-refractivity contribution in [3.8, 4) is 0 Å². The molecule has 2 heterocycles. The monoisotopic (exact) mass is 370 g/mol. The topological polar surface area (TPSA) is 32.8 Å². The highest BCUT2D eigenvalue weighted by Crippen LogP contribution is 2.32. The number of likely N-dealkylation sites (tertiary alicyclic amines) is 1. The Morgan fingerprint density at radius 2 is 1.96 bits per heavy atom. The number of benzene rings is 1. The van der Waals surface area contributed by atoms with E-state index < -0.39 is 0 Å². The smallest absolute Gasteiger partial charge is 0.251 e. The van der Waals surface area contributed by atoms with Crippen LogP contribution in [0, 0.1) is 5.82 Å². The lowest BCUT2D eigenvalue weighted by Gasteiger charge is -2.49. The summed E-state index contributed by atoms with van der Waals surface area (Å²) in [5, 5.41) is 0. The molecular weight excluding hydrogens is 343 g/mol. The molecule has 2 saturated heterocycles. The lowest BCUT2D eigenvalue weighted by molar-refractivity contribution is -0.189. The minimum atomic E-state index is -0.344. The first-order valence-electron chi connectivity index (χ1n) is 8.95. The second kappa shape index (κ2) is 8.47. The molecule has 0 aliphatic carbocycles. The van der Waals surface area contributed by atoms with Crippen LogP contribution in [-0.2, 0) is 16.0 Å². The van der Waals surface area contributed by atoms with Crippen LogP contribution in [0.4, 0.5) is 4.39 Å². The molecule has 1 aromatic rings. The van der Waals surface area contributed by atoms with Gasteiger partial charge >= 0.3 is 0 Å². The number of hydrogen-bond donors (Lipinski definition) is 0. The van der Waals surface area contributed by atoms with Gasteiger partial charge in [-0.2, -0.15) is 0 Å². The van der Waals surface area contributed by atoms with Crippen LogP contribution in [0.1, 0.15) is 32.3 Å². The van der Waals surface area contributed by atoms with Crippen LogP contribution in [0.5, 0.6) is 0 Å². The zero-order chi connectivity index (χ0) is 17.2. The molecule has 1 aromatic carbocycles. The molecule has 2 aliphatic heterocycles. The van der Waals surface area contributed by atoms with Gasteiger partial charge in [0.05, 0.1) is 5.60 Å². The van der Waals surface area contributed by atoms with E-state index in [1.165, 1.54) is 6.07 Å². The van der Waals surface area contributed by atoms with Crippen LogP contribution < -0.4 is 0 Å². The number of ether oxygens (including phenoxy) is 1. The highest BCUT2D eigenvalue weighted by molar-refractivity contribution is 5.85. The fraction of sp³-hybridized carbons (Fsp3) is 0.632. The summed E-state index contributed by atoms with van der Waals surface area (Å²) in [6.07, 6.45) is 2.25. The molecule has 0 saturated carbocycles. The third kappa shape index (κ3) is 4.52. The molecule has 0 aromatic heterocycles. The van der Waals surface area contributed by atoms with Crippen molar-refractivity contribution in [2.45, 2.75) is 44.8 Å². The molecule has 4 nitrogen and oxygen atoms in total. The molecule has 0 radical (unpaired) electrons. The first-order valence-corrected chi connectivity index (χ1v) is 8.95. The number of carbonyl (C=O) groups excluding carboxylic acids is 1. The minimum Gasteiger partial charge on any atom is -0.360 e. The lowest BCUT2D eigenvalue weighted by Crippen LogP contribution is -2.61. The van der Waals surface area contributed by atoms with Gasteiger partial charge in [0.1, 0.15) is 11.9 Å². The minimum absolute atomic E-state index is 0. The Kier molecular flexibility index (Phi) is 6.83. The van der Waals surface area contributed by atoms with Gasteiger partial charge in [-0.05, 0) is 44.7 Å². The number of amides is 1. The molecule has 1 spiro atoms. The molecule has 1 unspecified atom stereocenters. The van der Waals surface area contributed by atoms with Crippen molar-refractivity contribution in [3.05, 3.63) is 35.6 Å². The van der Waals surface area contributed by atoms with E-state index >= 15 is 0 Å². The van der Waals surface area contributed by atoms with Gasteiger partial charge in [-0.25, -0.2) is 4.39 Å². The molecule has 0 N–H and O–H groups in total. The summed E-state index contributed by atoms with van der Waals surface area (Å²) in [6.45, 7) is 8.06. The fourth-order valence-electron chi connectivity index (χ4n) is 3.85. The van der Waals surface area contributed by atoms with Crippen LogP contribution in [0.2, 0.25) is 0 Å². The molecule has 25 heavy (non-hydrogen) atoms. The maximum Gasteiger partial charge on any atom is 0.251 e. The molecule has 6 heteroatoms. The van der Waals surface area contributed by atoms with Gasteiger partial charge in [0.2, 0.25) is 0 Å². The fourth-order valence-corrected chi connectivity index (χ4v) is 3.85. The van der Waals surface area contributed by atoms with E-state index in [4.69, 9.17) is 4.74 Å². The number of piperidine rings is 1. The first-order chi connectivity index (χ1) is 11.5. The maximum absolute atomic E-state index is 13.7. The van der Waals surface area contributed by atoms with Gasteiger partial charge in [-0.3, -0.25) is 4.79 Å². The Bertz CT molecular complexity index is 591. The van der Waals surface area contributed by atoms with E-state index in [-0.39, 0.29) is 35.8 Å². The van der Waals surface area contributed by atoms with E-state index in [1.807, 2.05) is 30.9 Å². The predicted octanol–water partition coefficient (Wildman–Crippen LogP) is 2.89. The number of nitrogens with zero attached hydrogens (tertiary/aromatic N) is 2. The summed E-state index contributed by atoms with van der Waals surface area (Å²) >= 11 is 0. The van der Waals surface area contributed by atoms with Gasteiger partial charge in [-0.15, -0.1) is 12.4 Å². The molecule has 140 valence electrons. The Balaban J connectivity index is 0.00000225. The molecule has 2 fully saturated rings. The van der Waals surface area contributed by atoms with Crippen molar-refractivity contribution in [1.82, 2.24) is 9.80 Å². The highest BCUT2D eigenvalue weighted by Gasteiger charge is 2.44. The Hall–Kier alpha value is -1.17. The number of halogens is 2. The summed E-state index contributed by atoms with van der Waals surface area (Å²) in [4.78, 5) is 16.4. The van der Waals surface area contributed by atoms with Crippen LogP contribution in [0.3, 0.4) is 0 Å². The third-order valence-electron chi connectivity index (χ3n) is 5.37. The van der Waals surface area contributed by atoms with E-state index in [9.17, 15) is 9.18 Å². The van der Waals surface area contributed by atoms with Crippen molar-refractivity contribution in [1.29, 1.82) is 0 Å². The second-order valence-electron chi connectivity index (χ2n) is 6.98. The van der Waals surface area contributed by atoms with Crippen molar-refractivity contribution in [3.63, 3.8) is 0 Å². The quantitative estimate of drug-likeness (QED) is 0.817. The first kappa shape index (κ1) is 20.1. The van der Waals surface area contributed by atoms with Crippen molar-refractivity contribution in [2.75, 3.05) is 32.7 Å². The highest BCUT2D eigenvalue weighted by atomic mass is 35.5. The second-order valence-corrected chi connectivity index (χ2v) is 6.98. The van der Waals surface area contributed by atoms with Gasteiger partial charge in [0.25, 0.3) is 5.91 Å². The van der Waals surface area contributed by atoms with Crippen molar-refractivity contribution >= 4 is 18.3 Å². The van der Waals surface area contributed by atoms with Crippen molar-refractivity contribution < 1.29 is 13.9 Å². The third-order valence-corrected chi connectivity index (χ3v) is 5.37. The molecular formula is C19H28ClFN2O2. The largest absolute Gasteiger partial charge is 0.360 e. The Morgan fingerprint density at radius 1 is 1.28 bits per heavy atom. The number of likely N-dealkylation sites (N-methyl/N-ethyl adjacent to an activating group) is 1. The summed E-state index contributed by atoms with van der Waals surface area (Å²) in [5.41, 5.74) is 0.584. The van der Waals surface area contributed by atoms with Gasteiger partial charge < -0.3 is 14.5 Å². The normalized spacial score (nSPS) is 23.6. The summed E-state index contributed by atoms with van der Waals surface area (Å²) in [6, 6.07) is 6.99. The average Bonchev–Trinajstić information content (AvgIpc) is 2.59. The van der Waals surface area contributed by atoms with E-state index in [0.717, 1.165) is 51.0 Å². The molecule has 3 rings (SSSR count). The Morgan fingerprint density at radius 3 is 2.60 bits per heavy atom. The zero-order valence-electron chi connectivity index (χ0n) is 15.0. The van der Waals surface area contributed by atoms with Gasteiger partial charge in [-0.1, -0.05) is 18.2 Å². The van der Waals surface area contributed by atoms with E-state index in [1.54, 1.807) is 6.07 Å². The number of rotatable bonds is 4. The Labute approximate surface area is 155 Å². The summed E-state index contributed by atoms with van der Waals surface area (Å²) in [7, 11) is 0. The van der Waals surface area contributed by atoms with Gasteiger partial charge in [0, 0.05) is 32.7 Å². The van der Waals surface area contributed by atoms with Crippen LogP contribution in [0.25, 0.3) is 0 Å². The summed E-state index contributed by atoms with van der Waals surface area (Å²) < 4.78 is 19.8. The SMILES string of the molecule is CCN1CC2(CCN(CCc3ccccc3F)CC2)OC(C)C1=O.Cl. The van der Waals surface area contributed by atoms with Crippen LogP contribution >= 0.6 is 12.4 Å². The predicted molar refractivity (Wildman–Crippen MR) is 98.6 cm³/mol. The van der Waals surface area contributed by atoms with E-state index in [2.05, 4.69) is 4.90 Å². The van der Waals surface area contributed by atoms with Crippen LogP contribution in [0.15, 0.2) is 24.3 Å². The zero-order valence-corrected chi connectivity index (χ0v) is 15.9. The standard InChI is InChI=1S/C19H27FN2O2.ClH/c1-3-22-14-19(24-15(2)18(22)23)9-12-21(13-10-19)11-8-16-6-4-5-7-17(16)20;/h4-7,15H,3,8-14H2,1-2H3;1H. The van der Waals surface area contributed by atoms with E-state index in [0.29, 0.717) is 6.54 Å². The molecule has 1 atom stereocenters. The molecule has 2 aliphatic rings. The average molecular weight is 371 g/mol. The lowest BCUT2D eigenvalue weighted by atomic mass is 9.88. The van der Waals surface area contributed by atoms with Crippen LogP contribution in [-0.4, -0.2) is 60.1 Å². The number of hydrogen-bond acceptors (Lipinski definition) is 3.